The lowest BCUT2D eigenvalue weighted by Gasteiger charge is -2.30. The summed E-state index contributed by atoms with van der Waals surface area (Å²) in [6.45, 7) is 1.72. The Labute approximate surface area is 204 Å². The van der Waals surface area contributed by atoms with Crippen molar-refractivity contribution in [3.63, 3.8) is 0 Å². The lowest BCUT2D eigenvalue weighted by molar-refractivity contribution is -0.180. The van der Waals surface area contributed by atoms with Gasteiger partial charge in [0.25, 0.3) is 0 Å². The molecular weight excluding hydrogens is 442 g/mol. The summed E-state index contributed by atoms with van der Waals surface area (Å²) in [4.78, 5) is 4.48. The summed E-state index contributed by atoms with van der Waals surface area (Å²) in [6, 6.07) is 30.1. The molecule has 6 rings (SSSR count). The van der Waals surface area contributed by atoms with Gasteiger partial charge in [0.15, 0.2) is 5.76 Å². The molecule has 35 heavy (non-hydrogen) atoms. The number of aromatic nitrogens is 1. The molecule has 2 aliphatic rings. The predicted octanol–water partition coefficient (Wildman–Crippen LogP) is 5.35. The van der Waals surface area contributed by atoms with Crippen molar-refractivity contribution in [2.45, 2.75) is 37.1 Å². The third-order valence-electron chi connectivity index (χ3n) is 6.55. The molecule has 0 N–H and O–H groups in total. The fraction of sp³-hybridized carbons (Fsp3) is 0.276. The van der Waals surface area contributed by atoms with Crippen LogP contribution in [0, 0.1) is 0 Å². The number of benzene rings is 3. The van der Waals surface area contributed by atoms with Gasteiger partial charge in [-0.1, -0.05) is 78.9 Å². The first-order valence-electron chi connectivity index (χ1n) is 11.9. The number of hydrogen-bond donors (Lipinski definition) is 0. The van der Waals surface area contributed by atoms with Crippen molar-refractivity contribution in [3.8, 4) is 11.5 Å². The molecule has 0 amide bonds. The minimum absolute atomic E-state index is 0.297. The van der Waals surface area contributed by atoms with Crippen molar-refractivity contribution in [1.82, 2.24) is 4.98 Å². The molecule has 2 saturated heterocycles. The SMILES string of the molecule is c1ccc(COC[C@@]23CO[C@@H]([C@@H](c4cnc(-c5ccccc5)o4)O2)[C@@H]3OCc2ccccc2)cc1. The van der Waals surface area contributed by atoms with Crippen molar-refractivity contribution < 1.29 is 23.4 Å². The number of ether oxygens (including phenoxy) is 4. The van der Waals surface area contributed by atoms with Crippen molar-refractivity contribution in [2.75, 3.05) is 13.2 Å². The molecule has 0 aliphatic carbocycles. The molecule has 0 saturated carbocycles. The second-order valence-corrected chi connectivity index (χ2v) is 9.01. The van der Waals surface area contributed by atoms with Crippen molar-refractivity contribution >= 4 is 0 Å². The van der Waals surface area contributed by atoms with E-state index >= 15 is 0 Å². The van der Waals surface area contributed by atoms with Gasteiger partial charge < -0.3 is 23.4 Å². The Morgan fingerprint density at radius 2 is 1.49 bits per heavy atom. The maximum atomic E-state index is 6.61. The van der Waals surface area contributed by atoms with Crippen LogP contribution in [-0.2, 0) is 32.2 Å². The molecule has 0 spiro atoms. The van der Waals surface area contributed by atoms with Crippen molar-refractivity contribution in [1.29, 1.82) is 0 Å². The Morgan fingerprint density at radius 1 is 0.829 bits per heavy atom. The van der Waals surface area contributed by atoms with E-state index in [1.807, 2.05) is 78.9 Å². The normalized spacial score (nSPS) is 25.2. The summed E-state index contributed by atoms with van der Waals surface area (Å²) >= 11 is 0. The van der Waals surface area contributed by atoms with Gasteiger partial charge in [0.05, 0.1) is 32.6 Å². The molecule has 3 heterocycles. The highest BCUT2D eigenvalue weighted by Gasteiger charge is 2.63. The van der Waals surface area contributed by atoms with Gasteiger partial charge in [-0.25, -0.2) is 4.98 Å². The van der Waals surface area contributed by atoms with Crippen molar-refractivity contribution in [2.24, 2.45) is 0 Å². The smallest absolute Gasteiger partial charge is 0.226 e. The number of oxazole rings is 1. The summed E-state index contributed by atoms with van der Waals surface area (Å²) in [6.07, 6.45) is 0.697. The molecule has 2 aliphatic heterocycles. The largest absolute Gasteiger partial charge is 0.438 e. The Kier molecular flexibility index (Phi) is 6.19. The van der Waals surface area contributed by atoms with Crippen LogP contribution in [0.15, 0.2) is 102 Å². The molecule has 0 radical (unpaired) electrons. The van der Waals surface area contributed by atoms with Gasteiger partial charge in [0.1, 0.15) is 23.9 Å². The van der Waals surface area contributed by atoms with Crippen molar-refractivity contribution in [3.05, 3.63) is 114 Å². The summed E-state index contributed by atoms with van der Waals surface area (Å²) in [5.41, 5.74) is 2.40. The molecule has 4 atom stereocenters. The average molecular weight is 470 g/mol. The standard InChI is InChI=1S/C29H27NO5/c1-4-10-21(11-5-1)17-31-19-29-20-33-26(27(29)32-18-22-12-6-2-7-13-22)25(35-29)24-16-30-28(34-24)23-14-8-3-9-15-23/h1-16,25-27H,17-20H2/t25-,26+,27+,29+/m1/s1. The molecule has 6 nitrogen and oxygen atoms in total. The predicted molar refractivity (Wildman–Crippen MR) is 129 cm³/mol. The quantitative estimate of drug-likeness (QED) is 0.329. The summed E-state index contributed by atoms with van der Waals surface area (Å²) in [5, 5.41) is 0. The Hall–Kier alpha value is -3.29. The van der Waals surface area contributed by atoms with Gasteiger partial charge >= 0.3 is 0 Å². The number of fused-ring (bicyclic) bond motifs is 2. The molecule has 0 unspecified atom stereocenters. The molecular formula is C29H27NO5. The van der Waals surface area contributed by atoms with E-state index < -0.39 is 11.7 Å². The van der Waals surface area contributed by atoms with Crippen LogP contribution in [0.25, 0.3) is 11.5 Å². The van der Waals surface area contributed by atoms with Crippen LogP contribution in [0.1, 0.15) is 23.0 Å². The average Bonchev–Trinajstić information content (AvgIpc) is 3.62. The molecule has 6 heteroatoms. The summed E-state index contributed by atoms with van der Waals surface area (Å²) in [7, 11) is 0. The molecule has 1 aromatic heterocycles. The van der Waals surface area contributed by atoms with E-state index in [0.29, 0.717) is 38.1 Å². The van der Waals surface area contributed by atoms with E-state index in [9.17, 15) is 0 Å². The summed E-state index contributed by atoms with van der Waals surface area (Å²) in [5.74, 6) is 1.19. The van der Waals surface area contributed by atoms with E-state index in [2.05, 4.69) is 17.1 Å². The van der Waals surface area contributed by atoms with E-state index in [1.165, 1.54) is 0 Å². The maximum absolute atomic E-state index is 6.61. The Bertz CT molecular complexity index is 1230. The highest BCUT2D eigenvalue weighted by Crippen LogP contribution is 2.49. The third-order valence-corrected chi connectivity index (χ3v) is 6.55. The van der Waals surface area contributed by atoms with Crippen LogP contribution in [0.4, 0.5) is 0 Å². The molecule has 2 fully saturated rings. The van der Waals surface area contributed by atoms with Crippen LogP contribution < -0.4 is 0 Å². The van der Waals surface area contributed by atoms with Crippen LogP contribution in [0.5, 0.6) is 0 Å². The highest BCUT2D eigenvalue weighted by molar-refractivity contribution is 5.52. The van der Waals surface area contributed by atoms with E-state index in [-0.39, 0.29) is 12.2 Å². The molecule has 3 aromatic carbocycles. The van der Waals surface area contributed by atoms with Gasteiger partial charge in [-0.2, -0.15) is 0 Å². The monoisotopic (exact) mass is 469 g/mol. The molecule has 178 valence electrons. The lowest BCUT2D eigenvalue weighted by atomic mass is 9.98. The second kappa shape index (κ2) is 9.76. The van der Waals surface area contributed by atoms with Gasteiger partial charge in [-0.15, -0.1) is 0 Å². The highest BCUT2D eigenvalue weighted by atomic mass is 16.7. The Balaban J connectivity index is 1.22. The summed E-state index contributed by atoms with van der Waals surface area (Å²) < 4.78 is 31.5. The van der Waals surface area contributed by atoms with Gasteiger partial charge in [-0.3, -0.25) is 0 Å². The van der Waals surface area contributed by atoms with E-state index in [4.69, 9.17) is 23.4 Å². The van der Waals surface area contributed by atoms with Crippen LogP contribution in [-0.4, -0.2) is 36.0 Å². The van der Waals surface area contributed by atoms with Crippen LogP contribution in [0.2, 0.25) is 0 Å². The topological polar surface area (TPSA) is 63.0 Å². The first kappa shape index (κ1) is 22.2. The van der Waals surface area contributed by atoms with E-state index in [0.717, 1.165) is 16.7 Å². The molecule has 4 aromatic rings. The third kappa shape index (κ3) is 4.54. The maximum Gasteiger partial charge on any atom is 0.226 e. The fourth-order valence-corrected chi connectivity index (χ4v) is 4.81. The van der Waals surface area contributed by atoms with Gasteiger partial charge in [0.2, 0.25) is 5.89 Å². The zero-order valence-corrected chi connectivity index (χ0v) is 19.3. The zero-order chi connectivity index (χ0) is 23.5. The second-order valence-electron chi connectivity index (χ2n) is 9.01. The first-order chi connectivity index (χ1) is 17.3. The zero-order valence-electron chi connectivity index (χ0n) is 19.3. The van der Waals surface area contributed by atoms with Crippen LogP contribution in [0.3, 0.4) is 0 Å². The fourth-order valence-electron chi connectivity index (χ4n) is 4.81. The van der Waals surface area contributed by atoms with E-state index in [1.54, 1.807) is 6.20 Å². The minimum Gasteiger partial charge on any atom is -0.438 e. The molecule has 2 bridgehead atoms. The number of hydrogen-bond acceptors (Lipinski definition) is 6. The van der Waals surface area contributed by atoms with Gasteiger partial charge in [0, 0.05) is 5.56 Å². The lowest BCUT2D eigenvalue weighted by Crippen LogP contribution is -2.46. The number of rotatable bonds is 9. The first-order valence-corrected chi connectivity index (χ1v) is 11.9. The Morgan fingerprint density at radius 3 is 2.20 bits per heavy atom. The number of nitrogens with zero attached hydrogens (tertiary/aromatic N) is 1. The van der Waals surface area contributed by atoms with Gasteiger partial charge in [-0.05, 0) is 23.3 Å². The minimum atomic E-state index is -0.724. The van der Waals surface area contributed by atoms with Crippen LogP contribution >= 0.6 is 0 Å².